The summed E-state index contributed by atoms with van der Waals surface area (Å²) in [4.78, 5) is 4.39. The van der Waals surface area contributed by atoms with Crippen molar-refractivity contribution >= 4 is 11.4 Å². The second-order valence-corrected chi connectivity index (χ2v) is 7.29. The maximum atomic E-state index is 5.57. The molecule has 0 bridgehead atoms. The number of aryl methyl sites for hydroxylation is 2. The van der Waals surface area contributed by atoms with Gasteiger partial charge in [-0.2, -0.15) is 0 Å². The number of hydrogen-bond donors (Lipinski definition) is 0. The van der Waals surface area contributed by atoms with Gasteiger partial charge in [0.15, 0.2) is 0 Å². The minimum atomic E-state index is -0.275. The maximum absolute atomic E-state index is 5.57. The number of benzene rings is 2. The van der Waals surface area contributed by atoms with E-state index in [4.69, 9.17) is 4.74 Å². The number of hydrogen-bond acceptors (Lipinski definition) is 3. The van der Waals surface area contributed by atoms with E-state index in [1.54, 1.807) is 0 Å². The Balaban J connectivity index is 2.00. The van der Waals surface area contributed by atoms with E-state index in [0.717, 1.165) is 28.6 Å². The van der Waals surface area contributed by atoms with Crippen LogP contribution in [0.2, 0.25) is 0 Å². The van der Waals surface area contributed by atoms with Crippen molar-refractivity contribution in [2.45, 2.75) is 40.2 Å². The Kier molecular flexibility index (Phi) is 4.57. The van der Waals surface area contributed by atoms with Crippen LogP contribution in [0.3, 0.4) is 0 Å². The molecule has 0 aliphatic carbocycles. The lowest BCUT2D eigenvalue weighted by atomic mass is 10.00. The van der Waals surface area contributed by atoms with Crippen molar-refractivity contribution in [2.75, 3.05) is 16.4 Å². The van der Waals surface area contributed by atoms with Crippen LogP contribution >= 0.6 is 0 Å². The van der Waals surface area contributed by atoms with Crippen LogP contribution in [0.25, 0.3) is 0 Å². The average molecular weight is 348 g/mol. The molecular formula is C23H28N2O. The van der Waals surface area contributed by atoms with E-state index >= 15 is 0 Å². The molecule has 2 aromatic rings. The Bertz CT molecular complexity index is 849. The molecular weight excluding hydrogens is 320 g/mol. The second kappa shape index (κ2) is 6.56. The van der Waals surface area contributed by atoms with Gasteiger partial charge in [0.1, 0.15) is 11.6 Å². The molecule has 0 saturated carbocycles. The topological polar surface area (TPSA) is 15.7 Å². The lowest BCUT2D eigenvalue weighted by molar-refractivity contribution is 0.340. The third kappa shape index (κ3) is 2.88. The van der Waals surface area contributed by atoms with Crippen molar-refractivity contribution in [1.29, 1.82) is 0 Å². The minimum absolute atomic E-state index is 0.275. The Labute approximate surface area is 157 Å². The van der Waals surface area contributed by atoms with Gasteiger partial charge >= 0.3 is 0 Å². The van der Waals surface area contributed by atoms with Crippen molar-refractivity contribution in [3.8, 4) is 5.75 Å². The molecule has 3 heteroatoms. The van der Waals surface area contributed by atoms with Crippen LogP contribution in [0.15, 0.2) is 67.1 Å². The number of nitrogens with zero attached hydrogens (tertiary/aromatic N) is 2. The number of rotatable bonds is 4. The van der Waals surface area contributed by atoms with Crippen LogP contribution in [0.1, 0.15) is 31.9 Å². The summed E-state index contributed by atoms with van der Waals surface area (Å²) in [5.41, 5.74) is 5.47. The van der Waals surface area contributed by atoms with Gasteiger partial charge in [0, 0.05) is 17.1 Å². The molecule has 0 N–H and O–H groups in total. The molecule has 3 rings (SSSR count). The third-order valence-electron chi connectivity index (χ3n) is 5.21. The van der Waals surface area contributed by atoms with Crippen LogP contribution in [0, 0.1) is 13.8 Å². The molecule has 1 saturated heterocycles. The normalized spacial score (nSPS) is 16.3. The van der Waals surface area contributed by atoms with Gasteiger partial charge in [-0.3, -0.25) is 4.90 Å². The van der Waals surface area contributed by atoms with Crippen molar-refractivity contribution < 1.29 is 4.74 Å². The summed E-state index contributed by atoms with van der Waals surface area (Å²) >= 11 is 0. The maximum Gasteiger partial charge on any atom is 0.119 e. The predicted molar refractivity (Wildman–Crippen MR) is 111 cm³/mol. The Hall–Kier alpha value is -2.68. The van der Waals surface area contributed by atoms with Crippen molar-refractivity contribution in [3.63, 3.8) is 0 Å². The quantitative estimate of drug-likeness (QED) is 0.695. The zero-order valence-corrected chi connectivity index (χ0v) is 16.5. The number of ether oxygens (including phenoxy) is 1. The summed E-state index contributed by atoms with van der Waals surface area (Å²) in [5, 5.41) is 0. The summed E-state index contributed by atoms with van der Waals surface area (Å²) in [6, 6.07) is 14.6. The third-order valence-corrected chi connectivity index (χ3v) is 5.21. The van der Waals surface area contributed by atoms with Gasteiger partial charge in [0.2, 0.25) is 0 Å². The van der Waals surface area contributed by atoms with E-state index < -0.39 is 0 Å². The van der Waals surface area contributed by atoms with E-state index in [-0.39, 0.29) is 5.54 Å². The smallest absolute Gasteiger partial charge is 0.119 e. The first-order valence-corrected chi connectivity index (χ1v) is 9.06. The molecule has 0 amide bonds. The standard InChI is InChI=1S/C23H28N2O/c1-8-26-22-13-11-20(12-14-22)25-19(5)24(18(4)23(25,6)7)21-10-9-16(2)17(3)15-21/h9-15H,4-5,8H2,1-3,6-7H3. The Morgan fingerprint density at radius 2 is 1.54 bits per heavy atom. The van der Waals surface area contributed by atoms with Gasteiger partial charge in [0.05, 0.1) is 12.1 Å². The van der Waals surface area contributed by atoms with Gasteiger partial charge in [-0.15, -0.1) is 0 Å². The van der Waals surface area contributed by atoms with Gasteiger partial charge < -0.3 is 9.64 Å². The van der Waals surface area contributed by atoms with E-state index in [1.165, 1.54) is 11.1 Å². The fourth-order valence-electron chi connectivity index (χ4n) is 3.48. The first kappa shape index (κ1) is 18.1. The fourth-order valence-corrected chi connectivity index (χ4v) is 3.48. The van der Waals surface area contributed by atoms with Crippen LogP contribution in [0.5, 0.6) is 5.75 Å². The highest BCUT2D eigenvalue weighted by atomic mass is 16.5. The SMILES string of the molecule is C=C1N(c2ccc(C)c(C)c2)C(=C)C(C)(C)N1c1ccc(OCC)cc1. The van der Waals surface area contributed by atoms with Gasteiger partial charge in [-0.05, 0) is 82.1 Å². The highest BCUT2D eigenvalue weighted by molar-refractivity contribution is 5.74. The molecule has 26 heavy (non-hydrogen) atoms. The van der Waals surface area contributed by atoms with Gasteiger partial charge in [-0.1, -0.05) is 19.2 Å². The van der Waals surface area contributed by atoms with Crippen LogP contribution < -0.4 is 14.5 Å². The summed E-state index contributed by atoms with van der Waals surface area (Å²) in [5.74, 6) is 1.79. The van der Waals surface area contributed by atoms with E-state index in [1.807, 2.05) is 19.1 Å². The van der Waals surface area contributed by atoms with Crippen LogP contribution in [-0.4, -0.2) is 12.1 Å². The summed E-state index contributed by atoms with van der Waals surface area (Å²) in [6.45, 7) is 20.1. The fraction of sp³-hybridized carbons (Fsp3) is 0.304. The summed E-state index contributed by atoms with van der Waals surface area (Å²) in [7, 11) is 0. The number of anilines is 2. The van der Waals surface area contributed by atoms with E-state index in [2.05, 4.69) is 81.0 Å². The molecule has 1 fully saturated rings. The molecule has 1 heterocycles. The second-order valence-electron chi connectivity index (χ2n) is 7.29. The molecule has 3 nitrogen and oxygen atoms in total. The minimum Gasteiger partial charge on any atom is -0.494 e. The highest BCUT2D eigenvalue weighted by Gasteiger charge is 2.44. The Morgan fingerprint density at radius 3 is 2.12 bits per heavy atom. The van der Waals surface area contributed by atoms with Crippen LogP contribution in [0.4, 0.5) is 11.4 Å². The van der Waals surface area contributed by atoms with Crippen molar-refractivity contribution in [1.82, 2.24) is 0 Å². The molecule has 2 aromatic carbocycles. The Morgan fingerprint density at radius 1 is 0.923 bits per heavy atom. The average Bonchev–Trinajstić information content (AvgIpc) is 2.77. The molecule has 0 radical (unpaired) electrons. The highest BCUT2D eigenvalue weighted by Crippen LogP contribution is 2.45. The van der Waals surface area contributed by atoms with Gasteiger partial charge in [-0.25, -0.2) is 0 Å². The summed E-state index contributed by atoms with van der Waals surface area (Å²) in [6.07, 6.45) is 0. The first-order chi connectivity index (χ1) is 12.3. The summed E-state index contributed by atoms with van der Waals surface area (Å²) < 4.78 is 5.57. The first-order valence-electron chi connectivity index (χ1n) is 9.06. The molecule has 0 spiro atoms. The molecule has 1 aliphatic heterocycles. The monoisotopic (exact) mass is 348 g/mol. The van der Waals surface area contributed by atoms with E-state index in [9.17, 15) is 0 Å². The largest absolute Gasteiger partial charge is 0.494 e. The lowest BCUT2D eigenvalue weighted by Crippen LogP contribution is -2.38. The predicted octanol–water partition coefficient (Wildman–Crippen LogP) is 5.79. The molecule has 1 aliphatic rings. The zero-order valence-electron chi connectivity index (χ0n) is 16.5. The zero-order chi connectivity index (χ0) is 19.1. The van der Waals surface area contributed by atoms with Crippen LogP contribution in [-0.2, 0) is 0 Å². The molecule has 0 atom stereocenters. The van der Waals surface area contributed by atoms with E-state index in [0.29, 0.717) is 6.61 Å². The van der Waals surface area contributed by atoms with Crippen molar-refractivity contribution in [3.05, 3.63) is 78.3 Å². The molecule has 0 aromatic heterocycles. The lowest BCUT2D eigenvalue weighted by Gasteiger charge is -2.32. The molecule has 136 valence electrons. The van der Waals surface area contributed by atoms with Gasteiger partial charge in [0.25, 0.3) is 0 Å². The molecule has 0 unspecified atom stereocenters. The van der Waals surface area contributed by atoms with Crippen molar-refractivity contribution in [2.24, 2.45) is 0 Å².